The molecule has 6 nitrogen and oxygen atoms in total. The quantitative estimate of drug-likeness (QED) is 0.561. The average Bonchev–Trinajstić information content (AvgIpc) is 3.15. The van der Waals surface area contributed by atoms with Gasteiger partial charge in [0.15, 0.2) is 5.16 Å². The van der Waals surface area contributed by atoms with Crippen molar-refractivity contribution < 1.29 is 4.79 Å². The number of nitrogens with zero attached hydrogens (tertiary/aromatic N) is 4. The van der Waals surface area contributed by atoms with Crippen molar-refractivity contribution in [3.8, 4) is 0 Å². The van der Waals surface area contributed by atoms with E-state index < -0.39 is 0 Å². The summed E-state index contributed by atoms with van der Waals surface area (Å²) in [7, 11) is 0. The molecule has 2 aromatic carbocycles. The average molecular weight is 351 g/mol. The van der Waals surface area contributed by atoms with Crippen LogP contribution in [-0.2, 0) is 11.3 Å². The summed E-state index contributed by atoms with van der Waals surface area (Å²) in [4.78, 5) is 11.1. The third-order valence-electron chi connectivity index (χ3n) is 4.08. The highest BCUT2D eigenvalue weighted by atomic mass is 32.2. The molecule has 1 amide bonds. The number of carbonyl (C=O) groups is 1. The molecule has 4 rings (SSSR count). The van der Waals surface area contributed by atoms with E-state index in [1.54, 1.807) is 0 Å². The van der Waals surface area contributed by atoms with E-state index in [-0.39, 0.29) is 11.7 Å². The third kappa shape index (κ3) is 2.87. The molecule has 0 saturated heterocycles. The van der Waals surface area contributed by atoms with Crippen molar-refractivity contribution in [2.45, 2.75) is 18.6 Å². The summed E-state index contributed by atoms with van der Waals surface area (Å²) in [5, 5.41) is 9.27. The van der Waals surface area contributed by atoms with E-state index in [4.69, 9.17) is 5.73 Å². The molecule has 7 heteroatoms. The molecule has 0 aliphatic heterocycles. The van der Waals surface area contributed by atoms with Crippen LogP contribution in [0.2, 0.25) is 0 Å². The minimum Gasteiger partial charge on any atom is -0.369 e. The first-order valence-electron chi connectivity index (χ1n) is 7.92. The van der Waals surface area contributed by atoms with Gasteiger partial charge in [0.25, 0.3) is 0 Å². The Labute approximate surface area is 148 Å². The fourth-order valence-corrected chi connectivity index (χ4v) is 3.58. The van der Waals surface area contributed by atoms with Gasteiger partial charge < -0.3 is 10.3 Å². The van der Waals surface area contributed by atoms with Gasteiger partial charge in [-0.1, -0.05) is 53.7 Å². The highest BCUT2D eigenvalue weighted by Crippen LogP contribution is 2.26. The summed E-state index contributed by atoms with van der Waals surface area (Å²) in [5.74, 6) is 0.567. The van der Waals surface area contributed by atoms with Crippen LogP contribution >= 0.6 is 11.8 Å². The van der Waals surface area contributed by atoms with Gasteiger partial charge in [0.2, 0.25) is 11.7 Å². The number of amides is 1. The number of carbonyl (C=O) groups excluding carboxylic acids is 1. The maximum Gasteiger partial charge on any atom is 0.237 e. The van der Waals surface area contributed by atoms with Gasteiger partial charge in [-0.3, -0.25) is 9.20 Å². The monoisotopic (exact) mass is 351 g/mol. The van der Waals surface area contributed by atoms with Gasteiger partial charge in [-0.25, -0.2) is 0 Å². The largest absolute Gasteiger partial charge is 0.369 e. The van der Waals surface area contributed by atoms with Crippen LogP contribution in [-0.4, -0.2) is 30.8 Å². The van der Waals surface area contributed by atoms with Crippen LogP contribution in [0.1, 0.15) is 11.1 Å². The SMILES string of the molecule is Cc1ccc(Cn2c3ccccc3n3c(SCC(N)=O)nnc23)cc1. The van der Waals surface area contributed by atoms with Crippen LogP contribution in [0.4, 0.5) is 0 Å². The number of hydrogen-bond donors (Lipinski definition) is 1. The number of nitrogens with two attached hydrogens (primary N) is 1. The van der Waals surface area contributed by atoms with Crippen LogP contribution in [0.15, 0.2) is 53.7 Å². The highest BCUT2D eigenvalue weighted by molar-refractivity contribution is 7.99. The van der Waals surface area contributed by atoms with E-state index in [2.05, 4.69) is 52.0 Å². The second-order valence-electron chi connectivity index (χ2n) is 5.93. The minimum atomic E-state index is -0.370. The molecule has 0 spiro atoms. The molecule has 25 heavy (non-hydrogen) atoms. The molecule has 0 aliphatic rings. The zero-order chi connectivity index (χ0) is 17.4. The molecule has 2 aromatic heterocycles. The van der Waals surface area contributed by atoms with Crippen LogP contribution in [0.25, 0.3) is 16.8 Å². The van der Waals surface area contributed by atoms with Crippen molar-refractivity contribution in [1.29, 1.82) is 0 Å². The molecule has 0 saturated carbocycles. The Kier molecular flexibility index (Phi) is 3.93. The number of aromatic nitrogens is 4. The lowest BCUT2D eigenvalue weighted by Crippen LogP contribution is -2.13. The fourth-order valence-electron chi connectivity index (χ4n) is 2.90. The molecule has 2 heterocycles. The Morgan fingerprint density at radius 2 is 1.80 bits per heavy atom. The smallest absolute Gasteiger partial charge is 0.237 e. The van der Waals surface area contributed by atoms with Crippen LogP contribution < -0.4 is 5.73 Å². The Balaban J connectivity index is 1.84. The Bertz CT molecular complexity index is 1060. The number of imidazole rings is 1. The lowest BCUT2D eigenvalue weighted by molar-refractivity contribution is -0.115. The van der Waals surface area contributed by atoms with E-state index in [1.165, 1.54) is 22.9 Å². The summed E-state index contributed by atoms with van der Waals surface area (Å²) in [6.45, 7) is 2.78. The van der Waals surface area contributed by atoms with Crippen molar-refractivity contribution >= 4 is 34.5 Å². The number of rotatable bonds is 5. The lowest BCUT2D eigenvalue weighted by Gasteiger charge is -2.05. The first-order chi connectivity index (χ1) is 12.1. The van der Waals surface area contributed by atoms with Crippen molar-refractivity contribution in [2.24, 2.45) is 5.73 Å². The van der Waals surface area contributed by atoms with Crippen LogP contribution in [0.3, 0.4) is 0 Å². The number of thioether (sulfide) groups is 1. The standard InChI is InChI=1S/C18H17N5OS/c1-12-6-8-13(9-7-12)10-22-14-4-2-3-5-15(14)23-17(22)20-21-18(23)25-11-16(19)24/h2-9H,10-11H2,1H3,(H2,19,24). The lowest BCUT2D eigenvalue weighted by atomic mass is 10.1. The maximum absolute atomic E-state index is 11.1. The second-order valence-corrected chi connectivity index (χ2v) is 6.88. The van der Waals surface area contributed by atoms with Crippen LogP contribution in [0.5, 0.6) is 0 Å². The molecule has 4 aromatic rings. The second kappa shape index (κ2) is 6.25. The van der Waals surface area contributed by atoms with Gasteiger partial charge in [0.05, 0.1) is 23.3 Å². The summed E-state index contributed by atoms with van der Waals surface area (Å²) in [6.07, 6.45) is 0. The van der Waals surface area contributed by atoms with Gasteiger partial charge in [-0.2, -0.15) is 0 Å². The predicted octanol–water partition coefficient (Wildman–Crippen LogP) is 2.62. The molecule has 0 unspecified atom stereocenters. The number of benzene rings is 2. The zero-order valence-corrected chi connectivity index (χ0v) is 14.5. The third-order valence-corrected chi connectivity index (χ3v) is 5.03. The van der Waals surface area contributed by atoms with Gasteiger partial charge in [0.1, 0.15) is 0 Å². The summed E-state index contributed by atoms with van der Waals surface area (Å²) >= 11 is 1.30. The number of aryl methyl sites for hydroxylation is 1. The molecule has 0 fully saturated rings. The molecule has 0 radical (unpaired) electrons. The highest BCUT2D eigenvalue weighted by Gasteiger charge is 2.17. The minimum absolute atomic E-state index is 0.179. The van der Waals surface area contributed by atoms with E-state index in [0.29, 0.717) is 11.7 Å². The van der Waals surface area contributed by atoms with Gasteiger partial charge in [-0.05, 0) is 24.6 Å². The predicted molar refractivity (Wildman–Crippen MR) is 98.7 cm³/mol. The maximum atomic E-state index is 11.1. The number of primary amides is 1. The van der Waals surface area contributed by atoms with E-state index in [0.717, 1.165) is 16.8 Å². The fraction of sp³-hybridized carbons (Fsp3) is 0.167. The van der Waals surface area contributed by atoms with E-state index in [1.807, 2.05) is 22.6 Å². The Morgan fingerprint density at radius 1 is 1.08 bits per heavy atom. The first kappa shape index (κ1) is 15.7. The van der Waals surface area contributed by atoms with Gasteiger partial charge >= 0.3 is 0 Å². The first-order valence-corrected chi connectivity index (χ1v) is 8.91. The molecule has 126 valence electrons. The van der Waals surface area contributed by atoms with Gasteiger partial charge in [0, 0.05) is 0 Å². The summed E-state index contributed by atoms with van der Waals surface area (Å²) < 4.78 is 4.12. The molecular weight excluding hydrogens is 334 g/mol. The number of hydrogen-bond acceptors (Lipinski definition) is 4. The number of para-hydroxylation sites is 2. The number of fused-ring (bicyclic) bond motifs is 3. The zero-order valence-electron chi connectivity index (χ0n) is 13.7. The summed E-state index contributed by atoms with van der Waals surface area (Å²) in [5.41, 5.74) is 9.79. The molecule has 0 aliphatic carbocycles. The van der Waals surface area contributed by atoms with Crippen molar-refractivity contribution in [1.82, 2.24) is 19.2 Å². The van der Waals surface area contributed by atoms with E-state index in [9.17, 15) is 4.79 Å². The van der Waals surface area contributed by atoms with Gasteiger partial charge in [-0.15, -0.1) is 10.2 Å². The van der Waals surface area contributed by atoms with E-state index >= 15 is 0 Å². The molecule has 0 bridgehead atoms. The molecule has 2 N–H and O–H groups in total. The van der Waals surface area contributed by atoms with Crippen molar-refractivity contribution in [3.05, 3.63) is 59.7 Å². The Morgan fingerprint density at radius 3 is 2.52 bits per heavy atom. The Hall–Kier alpha value is -2.80. The molecule has 0 atom stereocenters. The normalized spacial score (nSPS) is 11.4. The topological polar surface area (TPSA) is 78.2 Å². The molecular formula is C18H17N5OS. The summed E-state index contributed by atoms with van der Waals surface area (Å²) in [6, 6.07) is 16.6. The van der Waals surface area contributed by atoms with Crippen LogP contribution in [0, 0.1) is 6.92 Å². The van der Waals surface area contributed by atoms with Crippen molar-refractivity contribution in [2.75, 3.05) is 5.75 Å². The van der Waals surface area contributed by atoms with Crippen molar-refractivity contribution in [3.63, 3.8) is 0 Å².